The Morgan fingerprint density at radius 2 is 1.67 bits per heavy atom. The molecule has 1 saturated carbocycles. The molecule has 0 N–H and O–H groups in total. The minimum atomic E-state index is -0.00410. The van der Waals surface area contributed by atoms with Crippen molar-refractivity contribution >= 4 is 5.97 Å². The van der Waals surface area contributed by atoms with Crippen molar-refractivity contribution in [1.82, 2.24) is 0 Å². The van der Waals surface area contributed by atoms with Crippen LogP contribution < -0.4 is 0 Å². The molecule has 0 spiro atoms. The summed E-state index contributed by atoms with van der Waals surface area (Å²) in [4.78, 5) is 11.5. The van der Waals surface area contributed by atoms with Crippen molar-refractivity contribution in [2.75, 3.05) is 0 Å². The molecule has 0 aliphatic heterocycles. The number of carbonyl (C=O) groups is 1. The number of hydrogen-bond donors (Lipinski definition) is 0. The zero-order valence-electron chi connectivity index (χ0n) is 10.1. The van der Waals surface area contributed by atoms with E-state index in [4.69, 9.17) is 4.74 Å². The van der Waals surface area contributed by atoms with E-state index in [0.717, 1.165) is 12.8 Å². The van der Waals surface area contributed by atoms with Gasteiger partial charge in [-0.3, -0.25) is 4.79 Å². The van der Waals surface area contributed by atoms with Crippen LogP contribution in [-0.4, -0.2) is 12.1 Å². The van der Waals surface area contributed by atoms with E-state index in [-0.39, 0.29) is 12.1 Å². The van der Waals surface area contributed by atoms with E-state index in [9.17, 15) is 4.79 Å². The van der Waals surface area contributed by atoms with Crippen LogP contribution in [0.3, 0.4) is 0 Å². The Morgan fingerprint density at radius 3 is 2.20 bits per heavy atom. The average molecular weight is 212 g/mol. The minimum Gasteiger partial charge on any atom is -0.462 e. The lowest BCUT2D eigenvalue weighted by Gasteiger charge is -2.20. The summed E-state index contributed by atoms with van der Waals surface area (Å²) in [6.07, 6.45) is 9.32. The van der Waals surface area contributed by atoms with Crippen LogP contribution in [0.1, 0.15) is 65.2 Å². The monoisotopic (exact) mass is 212 g/mol. The lowest BCUT2D eigenvalue weighted by molar-refractivity contribution is -0.150. The maximum atomic E-state index is 11.5. The Bertz CT molecular complexity index is 179. The third-order valence-corrected chi connectivity index (χ3v) is 2.93. The number of rotatable bonds is 3. The van der Waals surface area contributed by atoms with E-state index in [1.807, 2.05) is 0 Å². The molecule has 0 saturated heterocycles. The molecule has 1 fully saturated rings. The van der Waals surface area contributed by atoms with Gasteiger partial charge in [0, 0.05) is 6.42 Å². The quantitative estimate of drug-likeness (QED) is 0.667. The first kappa shape index (κ1) is 12.5. The molecule has 88 valence electrons. The van der Waals surface area contributed by atoms with Crippen molar-refractivity contribution in [2.24, 2.45) is 5.92 Å². The van der Waals surface area contributed by atoms with Crippen molar-refractivity contribution < 1.29 is 9.53 Å². The summed E-state index contributed by atoms with van der Waals surface area (Å²) in [5.74, 6) is 0.404. The Hall–Kier alpha value is -0.530. The molecule has 0 bridgehead atoms. The van der Waals surface area contributed by atoms with Crippen LogP contribution >= 0.6 is 0 Å². The van der Waals surface area contributed by atoms with Gasteiger partial charge in [-0.1, -0.05) is 33.1 Å². The first-order valence-electron chi connectivity index (χ1n) is 6.38. The van der Waals surface area contributed by atoms with Crippen molar-refractivity contribution in [2.45, 2.75) is 71.3 Å². The number of ether oxygens (including phenoxy) is 1. The van der Waals surface area contributed by atoms with Crippen molar-refractivity contribution in [3.05, 3.63) is 0 Å². The number of esters is 1. The van der Waals surface area contributed by atoms with E-state index in [0.29, 0.717) is 12.3 Å². The highest BCUT2D eigenvalue weighted by Crippen LogP contribution is 2.20. The van der Waals surface area contributed by atoms with Crippen molar-refractivity contribution in [3.63, 3.8) is 0 Å². The molecule has 0 unspecified atom stereocenters. The molecule has 1 aliphatic carbocycles. The molecule has 0 atom stereocenters. The second-order valence-corrected chi connectivity index (χ2v) is 5.05. The highest BCUT2D eigenvalue weighted by molar-refractivity contribution is 5.69. The van der Waals surface area contributed by atoms with Gasteiger partial charge in [0.05, 0.1) is 0 Å². The molecule has 0 aromatic carbocycles. The maximum Gasteiger partial charge on any atom is 0.306 e. The van der Waals surface area contributed by atoms with Gasteiger partial charge in [-0.2, -0.15) is 0 Å². The molecule has 15 heavy (non-hydrogen) atoms. The van der Waals surface area contributed by atoms with Crippen LogP contribution in [-0.2, 0) is 9.53 Å². The van der Waals surface area contributed by atoms with Gasteiger partial charge in [0.15, 0.2) is 0 Å². The molecular weight excluding hydrogens is 188 g/mol. The Labute approximate surface area is 93.4 Å². The molecule has 0 aromatic heterocycles. The smallest absolute Gasteiger partial charge is 0.306 e. The van der Waals surface area contributed by atoms with Gasteiger partial charge in [0.2, 0.25) is 0 Å². The zero-order chi connectivity index (χ0) is 11.1. The topological polar surface area (TPSA) is 26.3 Å². The first-order chi connectivity index (χ1) is 7.18. The highest BCUT2D eigenvalue weighted by Gasteiger charge is 2.16. The molecule has 1 aliphatic rings. The first-order valence-corrected chi connectivity index (χ1v) is 6.38. The summed E-state index contributed by atoms with van der Waals surface area (Å²) in [5.41, 5.74) is 0. The van der Waals surface area contributed by atoms with Crippen LogP contribution in [0, 0.1) is 5.92 Å². The van der Waals surface area contributed by atoms with E-state index in [2.05, 4.69) is 13.8 Å². The van der Waals surface area contributed by atoms with Crippen LogP contribution in [0.5, 0.6) is 0 Å². The van der Waals surface area contributed by atoms with Crippen molar-refractivity contribution in [3.8, 4) is 0 Å². The highest BCUT2D eigenvalue weighted by atomic mass is 16.5. The SMILES string of the molecule is CC(C)CC(=O)OC1CCCCCCC1. The van der Waals surface area contributed by atoms with E-state index in [1.54, 1.807) is 0 Å². The maximum absolute atomic E-state index is 11.5. The van der Waals surface area contributed by atoms with Gasteiger partial charge in [-0.15, -0.1) is 0 Å². The van der Waals surface area contributed by atoms with Gasteiger partial charge in [-0.05, 0) is 31.6 Å². The van der Waals surface area contributed by atoms with Crippen LogP contribution in [0.15, 0.2) is 0 Å². The second-order valence-electron chi connectivity index (χ2n) is 5.05. The standard InChI is InChI=1S/C13H24O2/c1-11(2)10-13(14)15-12-8-6-4-3-5-7-9-12/h11-12H,3-10H2,1-2H3. The average Bonchev–Trinajstić information content (AvgIpc) is 2.08. The molecule has 0 radical (unpaired) electrons. The lowest BCUT2D eigenvalue weighted by atomic mass is 9.98. The lowest BCUT2D eigenvalue weighted by Crippen LogP contribution is -2.20. The molecule has 0 heterocycles. The normalized spacial score (nSPS) is 19.7. The molecule has 2 heteroatoms. The fourth-order valence-electron chi connectivity index (χ4n) is 2.10. The van der Waals surface area contributed by atoms with Gasteiger partial charge in [0.25, 0.3) is 0 Å². The van der Waals surface area contributed by atoms with Crippen LogP contribution in [0.2, 0.25) is 0 Å². The Kier molecular flexibility index (Phi) is 5.74. The van der Waals surface area contributed by atoms with Crippen LogP contribution in [0.25, 0.3) is 0 Å². The van der Waals surface area contributed by atoms with E-state index in [1.165, 1.54) is 32.1 Å². The number of carbonyl (C=O) groups excluding carboxylic acids is 1. The second kappa shape index (κ2) is 6.86. The fraction of sp³-hybridized carbons (Fsp3) is 0.923. The molecule has 1 rings (SSSR count). The van der Waals surface area contributed by atoms with Gasteiger partial charge >= 0.3 is 5.97 Å². The Morgan fingerprint density at radius 1 is 1.13 bits per heavy atom. The molecule has 0 amide bonds. The van der Waals surface area contributed by atoms with Crippen molar-refractivity contribution in [1.29, 1.82) is 0 Å². The summed E-state index contributed by atoms with van der Waals surface area (Å²) in [5, 5.41) is 0. The van der Waals surface area contributed by atoms with Crippen LogP contribution in [0.4, 0.5) is 0 Å². The largest absolute Gasteiger partial charge is 0.462 e. The van der Waals surface area contributed by atoms with E-state index < -0.39 is 0 Å². The third-order valence-electron chi connectivity index (χ3n) is 2.93. The fourth-order valence-corrected chi connectivity index (χ4v) is 2.10. The van der Waals surface area contributed by atoms with Gasteiger partial charge in [-0.25, -0.2) is 0 Å². The zero-order valence-corrected chi connectivity index (χ0v) is 10.1. The minimum absolute atomic E-state index is 0.00410. The predicted octanol–water partition coefficient (Wildman–Crippen LogP) is 3.69. The summed E-state index contributed by atoms with van der Waals surface area (Å²) in [7, 11) is 0. The molecular formula is C13H24O2. The summed E-state index contributed by atoms with van der Waals surface area (Å²) in [6, 6.07) is 0. The van der Waals surface area contributed by atoms with Gasteiger partial charge < -0.3 is 4.74 Å². The third kappa shape index (κ3) is 5.81. The Balaban J connectivity index is 2.25. The summed E-state index contributed by atoms with van der Waals surface area (Å²) >= 11 is 0. The summed E-state index contributed by atoms with van der Waals surface area (Å²) < 4.78 is 5.50. The number of hydrogen-bond acceptors (Lipinski definition) is 2. The molecule has 2 nitrogen and oxygen atoms in total. The summed E-state index contributed by atoms with van der Waals surface area (Å²) in [6.45, 7) is 4.11. The predicted molar refractivity (Wildman–Crippen MR) is 61.7 cm³/mol. The molecule has 0 aromatic rings. The van der Waals surface area contributed by atoms with E-state index >= 15 is 0 Å². The van der Waals surface area contributed by atoms with Gasteiger partial charge in [0.1, 0.15) is 6.10 Å².